The number of piperazine rings is 1. The first-order valence-corrected chi connectivity index (χ1v) is 13.4. The molecule has 1 amide bonds. The van der Waals surface area contributed by atoms with Gasteiger partial charge in [0.05, 0.1) is 22.9 Å². The van der Waals surface area contributed by atoms with E-state index in [1.54, 1.807) is 19.1 Å². The fourth-order valence-electron chi connectivity index (χ4n) is 3.76. The lowest BCUT2D eigenvalue weighted by Crippen LogP contribution is -2.55. The van der Waals surface area contributed by atoms with Crippen LogP contribution in [0.1, 0.15) is 18.1 Å². The zero-order valence-electron chi connectivity index (χ0n) is 19.1. The lowest BCUT2D eigenvalue weighted by atomic mass is 10.2. The molecule has 1 atom stereocenters. The number of nitrogens with zero attached hydrogens (tertiary/aromatic N) is 2. The van der Waals surface area contributed by atoms with Crippen LogP contribution in [0.5, 0.6) is 5.75 Å². The van der Waals surface area contributed by atoms with Crippen molar-refractivity contribution in [3.05, 3.63) is 53.6 Å². The second kappa shape index (κ2) is 9.80. The molecule has 180 valence electrons. The Labute approximate surface area is 195 Å². The van der Waals surface area contributed by atoms with Crippen LogP contribution in [-0.2, 0) is 24.8 Å². The number of hydrogen-bond donors (Lipinski definition) is 1. The third-order valence-electron chi connectivity index (χ3n) is 5.57. The number of methoxy groups -OCH3 is 1. The molecule has 1 fully saturated rings. The summed E-state index contributed by atoms with van der Waals surface area (Å²) < 4.78 is 60.1. The van der Waals surface area contributed by atoms with Crippen LogP contribution in [0.25, 0.3) is 0 Å². The van der Waals surface area contributed by atoms with Crippen molar-refractivity contribution in [3.63, 3.8) is 0 Å². The summed E-state index contributed by atoms with van der Waals surface area (Å²) >= 11 is 0. The number of hydrogen-bond acceptors (Lipinski definition) is 6. The van der Waals surface area contributed by atoms with E-state index in [1.165, 1.54) is 47.5 Å². The van der Waals surface area contributed by atoms with Crippen LogP contribution in [0.4, 0.5) is 0 Å². The Morgan fingerprint density at radius 3 is 2.12 bits per heavy atom. The van der Waals surface area contributed by atoms with Gasteiger partial charge in [0, 0.05) is 26.2 Å². The molecule has 2 aromatic carbocycles. The summed E-state index contributed by atoms with van der Waals surface area (Å²) in [6.07, 6.45) is 0. The molecule has 9 nitrogen and oxygen atoms in total. The van der Waals surface area contributed by atoms with Gasteiger partial charge in [-0.1, -0.05) is 17.7 Å². The number of amides is 1. The highest BCUT2D eigenvalue weighted by Crippen LogP contribution is 2.22. The molecule has 0 aromatic heterocycles. The van der Waals surface area contributed by atoms with Gasteiger partial charge in [-0.2, -0.15) is 9.03 Å². The predicted molar refractivity (Wildman–Crippen MR) is 124 cm³/mol. The summed E-state index contributed by atoms with van der Waals surface area (Å²) in [7, 11) is -6.10. The third kappa shape index (κ3) is 5.55. The van der Waals surface area contributed by atoms with Crippen LogP contribution in [0.2, 0.25) is 0 Å². The molecule has 11 heteroatoms. The predicted octanol–water partition coefficient (Wildman–Crippen LogP) is 1.51. The fraction of sp³-hybridized carbons (Fsp3) is 0.409. The molecular formula is C22H29N3O6S2. The molecule has 1 saturated heterocycles. The molecule has 2 aromatic rings. The first-order chi connectivity index (χ1) is 15.5. The van der Waals surface area contributed by atoms with Gasteiger partial charge in [0.15, 0.2) is 0 Å². The number of benzene rings is 2. The maximum Gasteiger partial charge on any atom is 0.243 e. The van der Waals surface area contributed by atoms with Crippen LogP contribution in [-0.4, -0.2) is 71.3 Å². The molecule has 1 aliphatic heterocycles. The Hall–Kier alpha value is -2.47. The summed E-state index contributed by atoms with van der Waals surface area (Å²) in [6, 6.07) is 10.0. The molecule has 33 heavy (non-hydrogen) atoms. The lowest BCUT2D eigenvalue weighted by molar-refractivity contribution is -0.133. The van der Waals surface area contributed by atoms with E-state index in [0.717, 1.165) is 5.56 Å². The van der Waals surface area contributed by atoms with Crippen molar-refractivity contribution in [2.24, 2.45) is 0 Å². The number of carbonyl (C=O) groups is 1. The van der Waals surface area contributed by atoms with Crippen molar-refractivity contribution in [1.82, 2.24) is 13.9 Å². The molecule has 1 heterocycles. The van der Waals surface area contributed by atoms with Gasteiger partial charge < -0.3 is 9.64 Å². The Balaban J connectivity index is 1.63. The molecule has 0 bridgehead atoms. The van der Waals surface area contributed by atoms with E-state index in [-0.39, 0.29) is 36.0 Å². The average molecular weight is 496 g/mol. The van der Waals surface area contributed by atoms with Gasteiger partial charge in [-0.25, -0.2) is 16.8 Å². The summed E-state index contributed by atoms with van der Waals surface area (Å²) in [5, 5.41) is 0. The van der Waals surface area contributed by atoms with Crippen molar-refractivity contribution in [3.8, 4) is 5.75 Å². The van der Waals surface area contributed by atoms with E-state index in [0.29, 0.717) is 11.3 Å². The first kappa shape index (κ1) is 25.2. The van der Waals surface area contributed by atoms with Crippen molar-refractivity contribution < 1.29 is 26.4 Å². The number of ether oxygens (including phenoxy) is 1. The highest BCUT2D eigenvalue weighted by atomic mass is 32.2. The molecule has 0 radical (unpaired) electrons. The summed E-state index contributed by atoms with van der Waals surface area (Å²) in [5.74, 6) is 0.113. The van der Waals surface area contributed by atoms with E-state index in [1.807, 2.05) is 13.0 Å². The number of nitrogens with one attached hydrogen (secondary N) is 1. The van der Waals surface area contributed by atoms with Gasteiger partial charge >= 0.3 is 0 Å². The van der Waals surface area contributed by atoms with E-state index in [2.05, 4.69) is 4.72 Å². The zero-order valence-corrected chi connectivity index (χ0v) is 20.7. The topological polar surface area (TPSA) is 113 Å². The zero-order chi connectivity index (χ0) is 24.4. The molecule has 0 unspecified atom stereocenters. The average Bonchev–Trinajstić information content (AvgIpc) is 2.78. The highest BCUT2D eigenvalue weighted by Gasteiger charge is 2.33. The maximum atomic E-state index is 13.0. The second-order valence-corrected chi connectivity index (χ2v) is 11.6. The maximum absolute atomic E-state index is 13.0. The molecular weight excluding hydrogens is 466 g/mol. The minimum absolute atomic E-state index is 0.0207. The van der Waals surface area contributed by atoms with Gasteiger partial charge in [0.2, 0.25) is 26.0 Å². The normalized spacial score (nSPS) is 16.4. The largest absolute Gasteiger partial charge is 0.497 e. The number of aryl methyl sites for hydroxylation is 2. The van der Waals surface area contributed by atoms with Crippen molar-refractivity contribution in [1.29, 1.82) is 0 Å². The molecule has 0 spiro atoms. The van der Waals surface area contributed by atoms with E-state index >= 15 is 0 Å². The van der Waals surface area contributed by atoms with Gasteiger partial charge in [0.1, 0.15) is 5.75 Å². The Morgan fingerprint density at radius 2 is 1.58 bits per heavy atom. The third-order valence-corrected chi connectivity index (χ3v) is 9.19. The minimum atomic E-state index is -3.91. The first-order valence-electron chi connectivity index (χ1n) is 10.5. The van der Waals surface area contributed by atoms with Gasteiger partial charge in [-0.15, -0.1) is 0 Å². The van der Waals surface area contributed by atoms with Gasteiger partial charge in [-0.05, 0) is 56.7 Å². The standard InChI is InChI=1S/C22H29N3O6S2/c1-16-5-10-21(17(2)15-16)33(29,30)25-13-11-24(12-14-25)22(26)18(3)23-32(27,28)20-8-6-19(31-4)7-9-20/h5-10,15,18,23H,11-14H2,1-4H3/t18-/m0/s1. The lowest BCUT2D eigenvalue weighted by Gasteiger charge is -2.35. The summed E-state index contributed by atoms with van der Waals surface area (Å²) in [6.45, 7) is 5.77. The minimum Gasteiger partial charge on any atom is -0.497 e. The van der Waals surface area contributed by atoms with Gasteiger partial charge in [0.25, 0.3) is 0 Å². The van der Waals surface area contributed by atoms with Gasteiger partial charge in [-0.3, -0.25) is 4.79 Å². The molecule has 3 rings (SSSR count). The second-order valence-electron chi connectivity index (χ2n) is 8.02. The summed E-state index contributed by atoms with van der Waals surface area (Å²) in [5.41, 5.74) is 1.66. The Bertz CT molecular complexity index is 1220. The van der Waals surface area contributed by atoms with Crippen molar-refractivity contribution in [2.75, 3.05) is 33.3 Å². The van der Waals surface area contributed by atoms with E-state index < -0.39 is 32.0 Å². The Kier molecular flexibility index (Phi) is 7.47. The monoisotopic (exact) mass is 495 g/mol. The number of sulfonamides is 2. The van der Waals surface area contributed by atoms with Crippen molar-refractivity contribution in [2.45, 2.75) is 36.6 Å². The fourth-order valence-corrected chi connectivity index (χ4v) is 6.58. The number of carbonyl (C=O) groups excluding carboxylic acids is 1. The molecule has 1 aliphatic rings. The van der Waals surface area contributed by atoms with E-state index in [9.17, 15) is 21.6 Å². The highest BCUT2D eigenvalue weighted by molar-refractivity contribution is 7.89. The number of rotatable bonds is 7. The van der Waals surface area contributed by atoms with Crippen LogP contribution < -0.4 is 9.46 Å². The van der Waals surface area contributed by atoms with Crippen molar-refractivity contribution >= 4 is 26.0 Å². The Morgan fingerprint density at radius 1 is 0.970 bits per heavy atom. The SMILES string of the molecule is COc1ccc(S(=O)(=O)N[C@@H](C)C(=O)N2CCN(S(=O)(=O)c3ccc(C)cc3C)CC2)cc1. The van der Waals surface area contributed by atoms with Crippen LogP contribution in [0.15, 0.2) is 52.3 Å². The summed E-state index contributed by atoms with van der Waals surface area (Å²) in [4.78, 5) is 14.6. The quantitative estimate of drug-likeness (QED) is 0.623. The molecule has 1 N–H and O–H groups in total. The molecule has 0 aliphatic carbocycles. The van der Waals surface area contributed by atoms with Crippen LogP contribution in [0, 0.1) is 13.8 Å². The van der Waals surface area contributed by atoms with E-state index in [4.69, 9.17) is 4.74 Å². The molecule has 0 saturated carbocycles. The van der Waals surface area contributed by atoms with Crippen LogP contribution in [0.3, 0.4) is 0 Å². The van der Waals surface area contributed by atoms with Crippen LogP contribution >= 0.6 is 0 Å². The smallest absolute Gasteiger partial charge is 0.243 e.